The number of aryl methyl sites for hydroxylation is 1. The van der Waals surface area contributed by atoms with Gasteiger partial charge >= 0.3 is 12.1 Å². The molecule has 0 bridgehead atoms. The standard InChI is InChI=1S/C29H33F3N2O5/c1-19-16-20(6-7-24(19)25(35)37-2)27(9-10-27)33-26(36)28(11-14-38-15-12-28)34-13-8-23(18-34)39-22-5-3-4-21(17-22)29(30,31)32/h3-7,16-17,23H,8-15,18H2,1-2H3,(H,33,36). The molecule has 1 saturated carbocycles. The quantitative estimate of drug-likeness (QED) is 0.512. The van der Waals surface area contributed by atoms with Gasteiger partial charge in [0.15, 0.2) is 0 Å². The van der Waals surface area contributed by atoms with E-state index in [-0.39, 0.29) is 17.8 Å². The summed E-state index contributed by atoms with van der Waals surface area (Å²) in [5.41, 5.74) is 0.203. The Morgan fingerprint density at radius 2 is 1.82 bits per heavy atom. The first-order chi connectivity index (χ1) is 18.6. The summed E-state index contributed by atoms with van der Waals surface area (Å²) < 4.78 is 55.8. The lowest BCUT2D eigenvalue weighted by Crippen LogP contribution is -2.62. The molecule has 2 aliphatic heterocycles. The van der Waals surface area contributed by atoms with Crippen LogP contribution in [0, 0.1) is 6.92 Å². The highest BCUT2D eigenvalue weighted by atomic mass is 19.4. The predicted octanol–water partition coefficient (Wildman–Crippen LogP) is 4.61. The Morgan fingerprint density at radius 3 is 2.46 bits per heavy atom. The number of amides is 1. The minimum absolute atomic E-state index is 0.0716. The number of nitrogens with one attached hydrogen (secondary N) is 1. The van der Waals surface area contributed by atoms with Gasteiger partial charge in [0, 0.05) is 26.3 Å². The Balaban J connectivity index is 1.31. The molecule has 210 valence electrons. The zero-order chi connectivity index (χ0) is 27.8. The molecule has 3 fully saturated rings. The predicted molar refractivity (Wildman–Crippen MR) is 136 cm³/mol. The molecule has 39 heavy (non-hydrogen) atoms. The van der Waals surface area contributed by atoms with E-state index in [0.29, 0.717) is 51.1 Å². The van der Waals surface area contributed by atoms with Crippen molar-refractivity contribution in [2.75, 3.05) is 33.4 Å². The molecule has 0 aromatic heterocycles. The van der Waals surface area contributed by atoms with Crippen LogP contribution in [-0.2, 0) is 26.0 Å². The molecule has 1 N–H and O–H groups in total. The fraction of sp³-hybridized carbons (Fsp3) is 0.517. The van der Waals surface area contributed by atoms with Gasteiger partial charge in [0.05, 0.1) is 23.8 Å². The molecule has 0 radical (unpaired) electrons. The van der Waals surface area contributed by atoms with Gasteiger partial charge in [-0.1, -0.05) is 18.2 Å². The van der Waals surface area contributed by atoms with Crippen LogP contribution in [0.25, 0.3) is 0 Å². The van der Waals surface area contributed by atoms with Gasteiger partial charge in [-0.25, -0.2) is 4.79 Å². The van der Waals surface area contributed by atoms with Gasteiger partial charge in [0.25, 0.3) is 0 Å². The van der Waals surface area contributed by atoms with Crippen LogP contribution in [0.3, 0.4) is 0 Å². The fourth-order valence-electron chi connectivity index (χ4n) is 5.79. The number of hydrogen-bond acceptors (Lipinski definition) is 6. The summed E-state index contributed by atoms with van der Waals surface area (Å²) in [6.07, 6.45) is -1.54. The molecule has 2 aromatic rings. The number of halogens is 3. The van der Waals surface area contributed by atoms with Crippen LogP contribution in [0.15, 0.2) is 42.5 Å². The van der Waals surface area contributed by atoms with Gasteiger partial charge < -0.3 is 19.5 Å². The Bertz CT molecular complexity index is 1240. The molecule has 0 spiro atoms. The number of benzene rings is 2. The molecule has 1 atom stereocenters. The molecular formula is C29H33F3N2O5. The monoisotopic (exact) mass is 546 g/mol. The van der Waals surface area contributed by atoms with E-state index in [0.717, 1.165) is 36.1 Å². The molecule has 3 aliphatic rings. The third-order valence-corrected chi connectivity index (χ3v) is 8.24. The van der Waals surface area contributed by atoms with Gasteiger partial charge in [0.1, 0.15) is 17.4 Å². The molecule has 1 unspecified atom stereocenters. The fourth-order valence-corrected chi connectivity index (χ4v) is 5.79. The third-order valence-electron chi connectivity index (χ3n) is 8.24. The molecular weight excluding hydrogens is 513 g/mol. The van der Waals surface area contributed by atoms with Crippen molar-refractivity contribution in [1.29, 1.82) is 0 Å². The second kappa shape index (κ2) is 10.5. The summed E-state index contributed by atoms with van der Waals surface area (Å²) in [5.74, 6) is -0.299. The number of ether oxygens (including phenoxy) is 3. The summed E-state index contributed by atoms with van der Waals surface area (Å²) in [6.45, 7) is 3.77. The first-order valence-corrected chi connectivity index (χ1v) is 13.3. The maximum atomic E-state index is 14.0. The van der Waals surface area contributed by atoms with Gasteiger partial charge in [-0.3, -0.25) is 9.69 Å². The number of alkyl halides is 3. The normalized spacial score (nSPS) is 22.2. The molecule has 1 amide bonds. The molecule has 2 aromatic carbocycles. The number of carbonyl (C=O) groups is 2. The zero-order valence-electron chi connectivity index (χ0n) is 22.1. The molecule has 5 rings (SSSR count). The average molecular weight is 547 g/mol. The highest BCUT2D eigenvalue weighted by molar-refractivity contribution is 5.91. The van der Waals surface area contributed by atoms with E-state index in [1.807, 2.05) is 19.1 Å². The lowest BCUT2D eigenvalue weighted by Gasteiger charge is -2.44. The van der Waals surface area contributed by atoms with Crippen LogP contribution in [0.1, 0.15) is 59.2 Å². The van der Waals surface area contributed by atoms with Crippen molar-refractivity contribution in [3.05, 3.63) is 64.7 Å². The summed E-state index contributed by atoms with van der Waals surface area (Å²) in [5, 5.41) is 3.33. The summed E-state index contributed by atoms with van der Waals surface area (Å²) in [4.78, 5) is 28.1. The van der Waals surface area contributed by atoms with Crippen molar-refractivity contribution < 1.29 is 37.0 Å². The van der Waals surface area contributed by atoms with Gasteiger partial charge in [-0.15, -0.1) is 0 Å². The SMILES string of the molecule is COC(=O)c1ccc(C2(NC(=O)C3(N4CCC(Oc5cccc(C(F)(F)F)c5)C4)CCOCC3)CC2)cc1C. The number of rotatable bonds is 7. The molecule has 2 saturated heterocycles. The number of nitrogens with zero attached hydrogens (tertiary/aromatic N) is 1. The number of likely N-dealkylation sites (tertiary alicyclic amines) is 1. The summed E-state index contributed by atoms with van der Waals surface area (Å²) >= 11 is 0. The first-order valence-electron chi connectivity index (χ1n) is 13.3. The van der Waals surface area contributed by atoms with E-state index in [1.165, 1.54) is 19.2 Å². The minimum Gasteiger partial charge on any atom is -0.489 e. The lowest BCUT2D eigenvalue weighted by molar-refractivity contribution is -0.141. The Kier molecular flexibility index (Phi) is 7.37. The smallest absolute Gasteiger partial charge is 0.416 e. The highest BCUT2D eigenvalue weighted by Gasteiger charge is 2.53. The van der Waals surface area contributed by atoms with Crippen LogP contribution in [0.5, 0.6) is 5.75 Å². The second-order valence-electron chi connectivity index (χ2n) is 10.7. The number of methoxy groups -OCH3 is 1. The van der Waals surface area contributed by atoms with Crippen LogP contribution >= 0.6 is 0 Å². The number of esters is 1. The second-order valence-corrected chi connectivity index (χ2v) is 10.7. The van der Waals surface area contributed by atoms with Crippen LogP contribution in [0.4, 0.5) is 13.2 Å². The van der Waals surface area contributed by atoms with Gasteiger partial charge in [-0.05, 0) is 74.4 Å². The van der Waals surface area contributed by atoms with Crippen LogP contribution in [-0.4, -0.2) is 61.8 Å². The molecule has 2 heterocycles. The largest absolute Gasteiger partial charge is 0.489 e. The Hall–Kier alpha value is -3.11. The third kappa shape index (κ3) is 5.49. The van der Waals surface area contributed by atoms with E-state index in [2.05, 4.69) is 10.2 Å². The number of carbonyl (C=O) groups excluding carboxylic acids is 2. The van der Waals surface area contributed by atoms with E-state index in [1.54, 1.807) is 6.07 Å². The molecule has 1 aliphatic carbocycles. The van der Waals surface area contributed by atoms with Crippen molar-refractivity contribution in [3.63, 3.8) is 0 Å². The average Bonchev–Trinajstić information content (AvgIpc) is 3.55. The van der Waals surface area contributed by atoms with Gasteiger partial charge in [0.2, 0.25) is 5.91 Å². The maximum Gasteiger partial charge on any atom is 0.416 e. The number of hydrogen-bond donors (Lipinski definition) is 1. The van der Waals surface area contributed by atoms with Crippen molar-refractivity contribution in [1.82, 2.24) is 10.2 Å². The van der Waals surface area contributed by atoms with E-state index in [9.17, 15) is 22.8 Å². The Labute approximate surface area is 225 Å². The van der Waals surface area contributed by atoms with Crippen LogP contribution in [0.2, 0.25) is 0 Å². The maximum absolute atomic E-state index is 14.0. The van der Waals surface area contributed by atoms with E-state index in [4.69, 9.17) is 14.2 Å². The first kappa shape index (κ1) is 27.5. The van der Waals surface area contributed by atoms with Crippen molar-refractivity contribution in [2.24, 2.45) is 0 Å². The Morgan fingerprint density at radius 1 is 1.08 bits per heavy atom. The topological polar surface area (TPSA) is 77.1 Å². The lowest BCUT2D eigenvalue weighted by atomic mass is 9.86. The van der Waals surface area contributed by atoms with E-state index < -0.39 is 28.8 Å². The van der Waals surface area contributed by atoms with Crippen molar-refractivity contribution in [3.8, 4) is 5.75 Å². The van der Waals surface area contributed by atoms with Gasteiger partial charge in [-0.2, -0.15) is 13.2 Å². The highest BCUT2D eigenvalue weighted by Crippen LogP contribution is 2.47. The van der Waals surface area contributed by atoms with E-state index >= 15 is 0 Å². The van der Waals surface area contributed by atoms with Crippen LogP contribution < -0.4 is 10.1 Å². The van der Waals surface area contributed by atoms with Crippen molar-refractivity contribution in [2.45, 2.75) is 62.4 Å². The summed E-state index contributed by atoms with van der Waals surface area (Å²) in [7, 11) is 1.35. The van der Waals surface area contributed by atoms with Crippen molar-refractivity contribution >= 4 is 11.9 Å². The summed E-state index contributed by atoms with van der Waals surface area (Å²) in [6, 6.07) is 10.5. The minimum atomic E-state index is -4.44. The zero-order valence-corrected chi connectivity index (χ0v) is 22.1. The molecule has 7 nitrogen and oxygen atoms in total. The molecule has 10 heteroatoms.